The largest absolute Gasteiger partial charge is 0.311 e. The minimum atomic E-state index is -0.482. The van der Waals surface area contributed by atoms with Crippen LogP contribution in [-0.4, -0.2) is 30.2 Å². The molecule has 0 aliphatic carbocycles. The number of rotatable bonds is 6. The maximum atomic E-state index is 12.5. The van der Waals surface area contributed by atoms with E-state index in [-0.39, 0.29) is 30.1 Å². The molecule has 4 aromatic rings. The van der Waals surface area contributed by atoms with Crippen LogP contribution in [0.15, 0.2) is 65.7 Å². The number of non-ortho nitro benzene ring substituents is 1. The molecule has 2 aromatic heterocycles. The molecule has 156 valence electrons. The number of hydrogen-bond donors (Lipinski definition) is 1. The third kappa shape index (κ3) is 4.17. The molecule has 2 aromatic carbocycles. The Balaban J connectivity index is 1.49. The lowest BCUT2D eigenvalue weighted by molar-refractivity contribution is -0.384. The number of amides is 1. The van der Waals surface area contributed by atoms with E-state index >= 15 is 0 Å². The van der Waals surface area contributed by atoms with Gasteiger partial charge in [-0.1, -0.05) is 12.1 Å². The summed E-state index contributed by atoms with van der Waals surface area (Å²) in [5.41, 5.74) is 1.61. The minimum absolute atomic E-state index is 0.0346. The molecule has 0 bridgehead atoms. The number of para-hydroxylation sites is 1. The van der Waals surface area contributed by atoms with Gasteiger partial charge in [0.15, 0.2) is 0 Å². The molecule has 1 amide bonds. The first kappa shape index (κ1) is 20.0. The second-order valence-electron chi connectivity index (χ2n) is 6.91. The van der Waals surface area contributed by atoms with Crippen molar-refractivity contribution < 1.29 is 9.72 Å². The molecule has 0 saturated heterocycles. The van der Waals surface area contributed by atoms with Crippen molar-refractivity contribution >= 4 is 28.3 Å². The van der Waals surface area contributed by atoms with Gasteiger partial charge in [0.25, 0.3) is 11.2 Å². The fourth-order valence-corrected chi connectivity index (χ4v) is 3.19. The van der Waals surface area contributed by atoms with Gasteiger partial charge in [-0.15, -0.1) is 0 Å². The molecule has 0 saturated carbocycles. The molecular formula is C21H18N6O4. The van der Waals surface area contributed by atoms with E-state index < -0.39 is 4.92 Å². The molecule has 10 nitrogen and oxygen atoms in total. The topological polar surface area (TPSA) is 125 Å². The predicted octanol–water partition coefficient (Wildman–Crippen LogP) is 2.83. The number of nitrogens with one attached hydrogen (secondary N) is 1. The van der Waals surface area contributed by atoms with Crippen LogP contribution in [0.1, 0.15) is 12.1 Å². The molecule has 0 spiro atoms. The lowest BCUT2D eigenvalue weighted by atomic mass is 10.2. The second kappa shape index (κ2) is 8.19. The molecular weight excluding hydrogens is 400 g/mol. The lowest BCUT2D eigenvalue weighted by Crippen LogP contribution is -2.24. The summed E-state index contributed by atoms with van der Waals surface area (Å²) in [6.45, 7) is 1.95. The van der Waals surface area contributed by atoms with E-state index in [1.54, 1.807) is 43.3 Å². The fraction of sp³-hybridized carbons (Fsp3) is 0.143. The summed E-state index contributed by atoms with van der Waals surface area (Å²) in [7, 11) is 0. The highest BCUT2D eigenvalue weighted by molar-refractivity contribution is 5.90. The van der Waals surface area contributed by atoms with Crippen LogP contribution in [0, 0.1) is 17.0 Å². The van der Waals surface area contributed by atoms with Crippen LogP contribution < -0.4 is 10.9 Å². The normalized spacial score (nSPS) is 10.9. The third-order valence-corrected chi connectivity index (χ3v) is 4.72. The number of aryl methyl sites for hydroxylation is 2. The molecule has 31 heavy (non-hydrogen) atoms. The van der Waals surface area contributed by atoms with Crippen molar-refractivity contribution in [1.82, 2.24) is 19.3 Å². The quantitative estimate of drug-likeness (QED) is 0.379. The highest BCUT2D eigenvalue weighted by Crippen LogP contribution is 2.20. The van der Waals surface area contributed by atoms with Crippen LogP contribution in [0.2, 0.25) is 0 Å². The zero-order valence-electron chi connectivity index (χ0n) is 16.6. The number of nitrogens with zero attached hydrogens (tertiary/aromatic N) is 5. The van der Waals surface area contributed by atoms with E-state index in [2.05, 4.69) is 15.4 Å². The fourth-order valence-electron chi connectivity index (χ4n) is 3.19. The summed E-state index contributed by atoms with van der Waals surface area (Å²) in [6.07, 6.45) is 1.49. The smallest absolute Gasteiger partial charge is 0.269 e. The number of aromatic nitrogens is 4. The van der Waals surface area contributed by atoms with Gasteiger partial charge in [-0.2, -0.15) is 5.10 Å². The van der Waals surface area contributed by atoms with Crippen molar-refractivity contribution in [2.75, 3.05) is 5.32 Å². The predicted molar refractivity (Wildman–Crippen MR) is 114 cm³/mol. The number of fused-ring (bicyclic) bond motifs is 1. The number of nitro groups is 1. The molecule has 0 unspecified atom stereocenters. The van der Waals surface area contributed by atoms with Crippen molar-refractivity contribution in [3.05, 3.63) is 87.1 Å². The monoisotopic (exact) mass is 418 g/mol. The first-order chi connectivity index (χ1) is 14.9. The summed E-state index contributed by atoms with van der Waals surface area (Å²) in [5, 5.41) is 18.5. The Hall–Kier alpha value is -4.34. The highest BCUT2D eigenvalue weighted by atomic mass is 16.6. The summed E-state index contributed by atoms with van der Waals surface area (Å²) < 4.78 is 2.90. The van der Waals surface area contributed by atoms with Gasteiger partial charge in [-0.05, 0) is 31.2 Å². The number of benzene rings is 2. The molecule has 2 heterocycles. The minimum Gasteiger partial charge on any atom is -0.311 e. The van der Waals surface area contributed by atoms with Gasteiger partial charge in [-0.3, -0.25) is 24.3 Å². The van der Waals surface area contributed by atoms with Crippen molar-refractivity contribution in [3.63, 3.8) is 0 Å². The molecule has 0 aliphatic heterocycles. The second-order valence-corrected chi connectivity index (χ2v) is 6.91. The van der Waals surface area contributed by atoms with Crippen molar-refractivity contribution in [3.8, 4) is 5.69 Å². The summed E-state index contributed by atoms with van der Waals surface area (Å²) in [6, 6.07) is 14.6. The van der Waals surface area contributed by atoms with Gasteiger partial charge in [0, 0.05) is 31.2 Å². The van der Waals surface area contributed by atoms with Crippen LogP contribution in [0.3, 0.4) is 0 Å². The SMILES string of the molecule is Cc1cc(NC(=O)CCn2cnc3ccccc3c2=O)n(-c2ccc([N+](=O)[O-])cc2)n1. The van der Waals surface area contributed by atoms with Gasteiger partial charge < -0.3 is 5.32 Å². The third-order valence-electron chi connectivity index (χ3n) is 4.72. The Morgan fingerprint density at radius 3 is 2.65 bits per heavy atom. The molecule has 0 atom stereocenters. The molecule has 1 N–H and O–H groups in total. The van der Waals surface area contributed by atoms with Crippen molar-refractivity contribution in [2.24, 2.45) is 0 Å². The zero-order valence-corrected chi connectivity index (χ0v) is 16.6. The Morgan fingerprint density at radius 2 is 1.90 bits per heavy atom. The highest BCUT2D eigenvalue weighted by Gasteiger charge is 2.13. The molecule has 0 fully saturated rings. The van der Waals surface area contributed by atoms with Crippen LogP contribution >= 0.6 is 0 Å². The van der Waals surface area contributed by atoms with E-state index in [1.165, 1.54) is 27.7 Å². The Morgan fingerprint density at radius 1 is 1.16 bits per heavy atom. The number of carbonyl (C=O) groups excluding carboxylic acids is 1. The van der Waals surface area contributed by atoms with Crippen molar-refractivity contribution in [1.29, 1.82) is 0 Å². The maximum Gasteiger partial charge on any atom is 0.269 e. The number of carbonyl (C=O) groups is 1. The van der Waals surface area contributed by atoms with Crippen LogP contribution in [0.5, 0.6) is 0 Å². The summed E-state index contributed by atoms with van der Waals surface area (Å²) in [4.78, 5) is 39.7. The Bertz CT molecular complexity index is 1340. The van der Waals surface area contributed by atoms with E-state index in [0.717, 1.165) is 0 Å². The van der Waals surface area contributed by atoms with Crippen LogP contribution in [0.4, 0.5) is 11.5 Å². The van der Waals surface area contributed by atoms with E-state index in [4.69, 9.17) is 0 Å². The first-order valence-corrected chi connectivity index (χ1v) is 9.48. The average molecular weight is 418 g/mol. The Kier molecular flexibility index (Phi) is 5.27. The zero-order chi connectivity index (χ0) is 22.0. The lowest BCUT2D eigenvalue weighted by Gasteiger charge is -2.10. The van der Waals surface area contributed by atoms with E-state index in [0.29, 0.717) is 28.1 Å². The molecule has 4 rings (SSSR count). The van der Waals surface area contributed by atoms with Gasteiger partial charge in [0.2, 0.25) is 5.91 Å². The van der Waals surface area contributed by atoms with Gasteiger partial charge in [-0.25, -0.2) is 9.67 Å². The number of hydrogen-bond acceptors (Lipinski definition) is 6. The molecule has 0 aliphatic rings. The number of anilines is 1. The van der Waals surface area contributed by atoms with Crippen LogP contribution in [0.25, 0.3) is 16.6 Å². The van der Waals surface area contributed by atoms with E-state index in [9.17, 15) is 19.7 Å². The van der Waals surface area contributed by atoms with Gasteiger partial charge in [0.1, 0.15) is 5.82 Å². The average Bonchev–Trinajstić information content (AvgIpc) is 3.13. The van der Waals surface area contributed by atoms with Gasteiger partial charge in [0.05, 0.1) is 33.5 Å². The summed E-state index contributed by atoms with van der Waals surface area (Å²) in [5.74, 6) is 0.128. The molecule has 10 heteroatoms. The van der Waals surface area contributed by atoms with E-state index in [1.807, 2.05) is 6.07 Å². The van der Waals surface area contributed by atoms with Crippen molar-refractivity contribution in [2.45, 2.75) is 19.9 Å². The molecule has 0 radical (unpaired) electrons. The Labute approximate surface area is 175 Å². The maximum absolute atomic E-state index is 12.5. The number of nitro benzene ring substituents is 1. The van der Waals surface area contributed by atoms with Gasteiger partial charge >= 0.3 is 0 Å². The first-order valence-electron chi connectivity index (χ1n) is 9.48. The van der Waals surface area contributed by atoms with Crippen LogP contribution in [-0.2, 0) is 11.3 Å². The standard InChI is InChI=1S/C21H18N6O4/c1-14-12-19(26(24-14)15-6-8-16(9-7-15)27(30)31)23-20(28)10-11-25-13-22-18-5-3-2-4-17(18)21(25)29/h2-9,12-13H,10-11H2,1H3,(H,23,28). The summed E-state index contributed by atoms with van der Waals surface area (Å²) >= 11 is 0.